The summed E-state index contributed by atoms with van der Waals surface area (Å²) in [7, 11) is 0.361. The molecule has 0 aromatic heterocycles. The van der Waals surface area contributed by atoms with Crippen molar-refractivity contribution < 1.29 is 35.4 Å². The molecule has 0 atom stereocenters. The maximum absolute atomic E-state index is 9.03. The second-order valence-electron chi connectivity index (χ2n) is 4.51. The highest BCUT2D eigenvalue weighted by Crippen LogP contribution is 2.20. The van der Waals surface area contributed by atoms with Crippen LogP contribution in [0.4, 0.5) is 0 Å². The molecule has 0 fully saturated rings. The molecule has 0 aliphatic heterocycles. The minimum Gasteiger partial charge on any atom is -0.396 e. The molecule has 0 spiro atoms. The van der Waals surface area contributed by atoms with Crippen molar-refractivity contribution in [1.82, 2.24) is 0 Å². The highest BCUT2D eigenvalue weighted by molar-refractivity contribution is 7.90. The average molecular weight is 356 g/mol. The van der Waals surface area contributed by atoms with Crippen molar-refractivity contribution in [2.45, 2.75) is 0 Å². The molecule has 0 saturated carbocycles. The van der Waals surface area contributed by atoms with Crippen LogP contribution in [0.3, 0.4) is 0 Å². The number of halogens is 2. The summed E-state index contributed by atoms with van der Waals surface area (Å²) in [5, 5.41) is 54.2. The minimum absolute atomic E-state index is 0.141. The Morgan fingerprint density at radius 3 is 1.00 bits per heavy atom. The number of ether oxygens (including phenoxy) is 1. The van der Waals surface area contributed by atoms with Crippen LogP contribution < -0.4 is 0 Å². The highest BCUT2D eigenvalue weighted by atomic mass is 35.9. The molecule has 7 nitrogen and oxygen atoms in total. The molecule has 123 valence electrons. The summed E-state index contributed by atoms with van der Waals surface area (Å²) >= 11 is 9.47. The van der Waals surface area contributed by atoms with E-state index in [0.717, 1.165) is 0 Å². The van der Waals surface area contributed by atoms with Crippen LogP contribution in [-0.2, 0) is 4.74 Å². The van der Waals surface area contributed by atoms with E-state index in [-0.39, 0.29) is 13.2 Å². The standard InChI is InChI=1S/C10H22O7.Cl2P/c11-1-9(2-12,3-13)7-17-8-10(4-14,5-15)6-16;1-3-2/h11-16H,1-8H2;. The Hall–Kier alpha value is 0.730. The zero-order valence-electron chi connectivity index (χ0n) is 11.0. The number of aliphatic hydroxyl groups is 6. The lowest BCUT2D eigenvalue weighted by Crippen LogP contribution is -2.43. The van der Waals surface area contributed by atoms with Crippen LogP contribution in [0.25, 0.3) is 0 Å². The monoisotopic (exact) mass is 355 g/mol. The van der Waals surface area contributed by atoms with Gasteiger partial charge in [0.15, 0.2) is 0 Å². The van der Waals surface area contributed by atoms with Gasteiger partial charge < -0.3 is 35.4 Å². The van der Waals surface area contributed by atoms with Gasteiger partial charge in [0.25, 0.3) is 0 Å². The molecule has 10 heteroatoms. The number of hydrogen-bond acceptors (Lipinski definition) is 7. The third-order valence-electron chi connectivity index (χ3n) is 2.83. The maximum Gasteiger partial charge on any atom is 0.141 e. The second kappa shape index (κ2) is 13.4. The number of hydrogen-bond donors (Lipinski definition) is 6. The molecule has 0 aliphatic carbocycles. The zero-order chi connectivity index (χ0) is 16.1. The summed E-state index contributed by atoms with van der Waals surface area (Å²) in [4.78, 5) is 0. The lowest BCUT2D eigenvalue weighted by Gasteiger charge is -2.31. The Balaban J connectivity index is 0. The molecular formula is C10H22Cl2O7P. The Kier molecular flexibility index (Phi) is 15.4. The molecule has 6 N–H and O–H groups in total. The fourth-order valence-corrected chi connectivity index (χ4v) is 1.06. The van der Waals surface area contributed by atoms with Crippen molar-refractivity contribution in [1.29, 1.82) is 0 Å². The van der Waals surface area contributed by atoms with Gasteiger partial charge in [-0.25, -0.2) is 0 Å². The van der Waals surface area contributed by atoms with Gasteiger partial charge in [-0.15, -0.1) is 0 Å². The van der Waals surface area contributed by atoms with Crippen molar-refractivity contribution in [3.05, 3.63) is 0 Å². The van der Waals surface area contributed by atoms with E-state index in [4.69, 9.17) is 57.9 Å². The number of rotatable bonds is 10. The fraction of sp³-hybridized carbons (Fsp3) is 1.00. The molecule has 0 bridgehead atoms. The normalized spacial score (nSPS) is 12.0. The molecule has 0 unspecified atom stereocenters. The quantitative estimate of drug-likeness (QED) is 0.282. The highest BCUT2D eigenvalue weighted by Gasteiger charge is 2.32. The van der Waals surface area contributed by atoms with Crippen LogP contribution in [0.15, 0.2) is 0 Å². The van der Waals surface area contributed by atoms with Gasteiger partial charge in [0.2, 0.25) is 0 Å². The van der Waals surface area contributed by atoms with Crippen molar-refractivity contribution in [3.8, 4) is 0 Å². The molecule has 0 aromatic rings. The molecule has 0 heterocycles. The molecule has 0 saturated heterocycles. The Labute approximate surface area is 129 Å². The first-order valence-corrected chi connectivity index (χ1v) is 8.35. The average Bonchev–Trinajstić information content (AvgIpc) is 2.50. The first-order valence-electron chi connectivity index (χ1n) is 5.64. The maximum atomic E-state index is 9.03. The van der Waals surface area contributed by atoms with Crippen LogP contribution in [-0.4, -0.2) is 83.5 Å². The van der Waals surface area contributed by atoms with Crippen molar-refractivity contribution in [2.24, 2.45) is 10.8 Å². The van der Waals surface area contributed by atoms with E-state index in [2.05, 4.69) is 0 Å². The van der Waals surface area contributed by atoms with E-state index >= 15 is 0 Å². The van der Waals surface area contributed by atoms with Gasteiger partial charge in [-0.05, 0) is 0 Å². The fourth-order valence-electron chi connectivity index (χ4n) is 1.06. The third-order valence-corrected chi connectivity index (χ3v) is 2.83. The van der Waals surface area contributed by atoms with Gasteiger partial charge in [0, 0.05) is 0 Å². The van der Waals surface area contributed by atoms with Crippen molar-refractivity contribution in [2.75, 3.05) is 52.9 Å². The van der Waals surface area contributed by atoms with Crippen LogP contribution >= 0.6 is 29.8 Å². The van der Waals surface area contributed by atoms with Crippen LogP contribution in [0.5, 0.6) is 0 Å². The van der Waals surface area contributed by atoms with Crippen molar-refractivity contribution in [3.63, 3.8) is 0 Å². The predicted molar refractivity (Wildman–Crippen MR) is 76.8 cm³/mol. The summed E-state index contributed by atoms with van der Waals surface area (Å²) in [6.07, 6.45) is 0. The topological polar surface area (TPSA) is 131 Å². The van der Waals surface area contributed by atoms with Crippen molar-refractivity contribution >= 4 is 29.8 Å². The summed E-state index contributed by atoms with van der Waals surface area (Å²) in [6, 6.07) is 0. The van der Waals surface area contributed by atoms with Gasteiger partial charge in [0.1, 0.15) is 7.29 Å². The molecule has 1 radical (unpaired) electrons. The largest absolute Gasteiger partial charge is 0.396 e. The summed E-state index contributed by atoms with van der Waals surface area (Å²) in [6.45, 7) is -3.01. The van der Waals surface area contributed by atoms with Gasteiger partial charge in [-0.3, -0.25) is 0 Å². The molecule has 20 heavy (non-hydrogen) atoms. The van der Waals surface area contributed by atoms with Gasteiger partial charge in [-0.1, -0.05) is 22.5 Å². The van der Waals surface area contributed by atoms with Crippen LogP contribution in [0.1, 0.15) is 0 Å². The first-order chi connectivity index (χ1) is 9.49. The van der Waals surface area contributed by atoms with Gasteiger partial charge in [-0.2, -0.15) is 0 Å². The van der Waals surface area contributed by atoms with E-state index in [1.165, 1.54) is 0 Å². The summed E-state index contributed by atoms with van der Waals surface area (Å²) in [5.41, 5.74) is -2.32. The molecular weight excluding hydrogens is 334 g/mol. The van der Waals surface area contributed by atoms with Crippen LogP contribution in [0, 0.1) is 10.8 Å². The van der Waals surface area contributed by atoms with Gasteiger partial charge in [0.05, 0.1) is 63.7 Å². The smallest absolute Gasteiger partial charge is 0.141 e. The summed E-state index contributed by atoms with van der Waals surface area (Å²) in [5.74, 6) is 0. The third kappa shape index (κ3) is 8.24. The molecule has 0 amide bonds. The lowest BCUT2D eigenvalue weighted by atomic mass is 9.91. The zero-order valence-corrected chi connectivity index (χ0v) is 13.4. The van der Waals surface area contributed by atoms with E-state index in [0.29, 0.717) is 7.29 Å². The second-order valence-corrected chi connectivity index (χ2v) is 6.17. The Bertz CT molecular complexity index is 179. The van der Waals surface area contributed by atoms with E-state index in [1.807, 2.05) is 0 Å². The first kappa shape index (κ1) is 23.0. The van der Waals surface area contributed by atoms with Gasteiger partial charge >= 0.3 is 0 Å². The minimum atomic E-state index is -1.16. The predicted octanol–water partition coefficient (Wildman–Crippen LogP) is -0.830. The SMILES string of the molecule is Cl[P]Cl.OCC(CO)(CO)COCC(CO)(CO)CO. The molecule has 0 rings (SSSR count). The Morgan fingerprint density at radius 2 is 0.850 bits per heavy atom. The number of aliphatic hydroxyl groups excluding tert-OH is 6. The molecule has 0 aromatic carbocycles. The van der Waals surface area contributed by atoms with Crippen LogP contribution in [0.2, 0.25) is 0 Å². The molecule has 0 aliphatic rings. The van der Waals surface area contributed by atoms with E-state index < -0.39 is 50.5 Å². The lowest BCUT2D eigenvalue weighted by molar-refractivity contribution is -0.103. The van der Waals surface area contributed by atoms with E-state index in [9.17, 15) is 0 Å². The summed E-state index contributed by atoms with van der Waals surface area (Å²) < 4.78 is 5.15. The van der Waals surface area contributed by atoms with E-state index in [1.54, 1.807) is 0 Å². The Morgan fingerprint density at radius 1 is 0.650 bits per heavy atom.